The first-order valence-electron chi connectivity index (χ1n) is 9.23. The van der Waals surface area contributed by atoms with E-state index in [9.17, 15) is 9.90 Å². The van der Waals surface area contributed by atoms with Gasteiger partial charge in [-0.2, -0.15) is 0 Å². The van der Waals surface area contributed by atoms with Crippen LogP contribution in [-0.2, 0) is 5.41 Å². The number of aryl methyl sites for hydroxylation is 1. The Bertz CT molecular complexity index is 818. The lowest BCUT2D eigenvalue weighted by Gasteiger charge is -2.43. The number of aliphatic hydroxyl groups is 1. The molecule has 0 unspecified atom stereocenters. The van der Waals surface area contributed by atoms with Gasteiger partial charge in [0.15, 0.2) is 0 Å². The van der Waals surface area contributed by atoms with Crippen molar-refractivity contribution in [2.24, 2.45) is 0 Å². The summed E-state index contributed by atoms with van der Waals surface area (Å²) in [6.45, 7) is 3.11. The summed E-state index contributed by atoms with van der Waals surface area (Å²) < 4.78 is 5.28. The molecule has 1 aromatic carbocycles. The van der Waals surface area contributed by atoms with Crippen LogP contribution in [0.5, 0.6) is 0 Å². The highest BCUT2D eigenvalue weighted by Crippen LogP contribution is 2.52. The molecule has 0 saturated carbocycles. The molecule has 1 aliphatic heterocycles. The predicted molar refractivity (Wildman–Crippen MR) is 99.1 cm³/mol. The average molecular weight is 354 g/mol. The van der Waals surface area contributed by atoms with E-state index in [1.54, 1.807) is 12.3 Å². The topological polar surface area (TPSA) is 56.9 Å². The van der Waals surface area contributed by atoms with Crippen LogP contribution in [0, 0.1) is 6.92 Å². The van der Waals surface area contributed by atoms with Crippen molar-refractivity contribution in [3.63, 3.8) is 0 Å². The number of nitrogens with zero attached hydrogens (tertiary/aromatic N) is 2. The maximum Gasteiger partial charge on any atom is 0.257 e. The second-order valence-corrected chi connectivity index (χ2v) is 7.78. The van der Waals surface area contributed by atoms with Gasteiger partial charge < -0.3 is 19.3 Å². The highest BCUT2D eigenvalue weighted by molar-refractivity contribution is 5.95. The number of piperidine rings is 1. The van der Waals surface area contributed by atoms with Gasteiger partial charge in [-0.05, 0) is 51.1 Å². The van der Waals surface area contributed by atoms with Gasteiger partial charge in [0.25, 0.3) is 5.91 Å². The number of carbonyl (C=O) groups excluding carboxylic acids is 1. The van der Waals surface area contributed by atoms with Gasteiger partial charge in [-0.1, -0.05) is 24.3 Å². The molecule has 2 aliphatic rings. The van der Waals surface area contributed by atoms with Gasteiger partial charge in [0.2, 0.25) is 0 Å². The van der Waals surface area contributed by atoms with Crippen LogP contribution in [0.25, 0.3) is 0 Å². The van der Waals surface area contributed by atoms with Crippen LogP contribution in [0.3, 0.4) is 0 Å². The maximum absolute atomic E-state index is 12.8. The Morgan fingerprint density at radius 1 is 1.23 bits per heavy atom. The summed E-state index contributed by atoms with van der Waals surface area (Å²) in [4.78, 5) is 16.8. The van der Waals surface area contributed by atoms with Crippen LogP contribution in [0.2, 0.25) is 0 Å². The molecule has 2 heterocycles. The maximum atomic E-state index is 12.8. The number of hydrogen-bond donors (Lipinski definition) is 1. The molecule has 1 aliphatic carbocycles. The van der Waals surface area contributed by atoms with Crippen molar-refractivity contribution in [3.05, 3.63) is 59.0 Å². The Kier molecular flexibility index (Phi) is 4.16. The van der Waals surface area contributed by atoms with Gasteiger partial charge in [-0.15, -0.1) is 0 Å². The summed E-state index contributed by atoms with van der Waals surface area (Å²) in [6, 6.07) is 10.1. The number of likely N-dealkylation sites (N-methyl/N-ethyl adjacent to an activating group) is 1. The molecular weight excluding hydrogens is 328 g/mol. The molecule has 2 atom stereocenters. The molecule has 4 rings (SSSR count). The van der Waals surface area contributed by atoms with E-state index < -0.39 is 6.10 Å². The summed E-state index contributed by atoms with van der Waals surface area (Å²) >= 11 is 0. The van der Waals surface area contributed by atoms with E-state index in [0.29, 0.717) is 24.4 Å². The van der Waals surface area contributed by atoms with Crippen molar-refractivity contribution >= 4 is 5.91 Å². The smallest absolute Gasteiger partial charge is 0.257 e. The van der Waals surface area contributed by atoms with Crippen molar-refractivity contribution in [2.45, 2.75) is 37.3 Å². The minimum absolute atomic E-state index is 0.00423. The van der Waals surface area contributed by atoms with Gasteiger partial charge in [-0.3, -0.25) is 4.79 Å². The largest absolute Gasteiger partial charge is 0.469 e. The number of carbonyl (C=O) groups is 1. The Morgan fingerprint density at radius 3 is 2.54 bits per heavy atom. The first-order chi connectivity index (χ1) is 12.5. The lowest BCUT2D eigenvalue weighted by Crippen LogP contribution is -2.50. The average Bonchev–Trinajstić information content (AvgIpc) is 3.16. The monoisotopic (exact) mass is 354 g/mol. The fourth-order valence-corrected chi connectivity index (χ4v) is 4.85. The van der Waals surface area contributed by atoms with E-state index in [-0.39, 0.29) is 17.4 Å². The van der Waals surface area contributed by atoms with E-state index in [1.807, 2.05) is 32.0 Å². The van der Waals surface area contributed by atoms with E-state index >= 15 is 0 Å². The number of amides is 1. The van der Waals surface area contributed by atoms with E-state index in [0.717, 1.165) is 12.8 Å². The van der Waals surface area contributed by atoms with Crippen molar-refractivity contribution in [2.75, 3.05) is 27.2 Å². The lowest BCUT2D eigenvalue weighted by molar-refractivity contribution is -0.00147. The molecule has 5 nitrogen and oxygen atoms in total. The fourth-order valence-electron chi connectivity index (χ4n) is 4.85. The molecular formula is C21H26N2O3. The predicted octanol–water partition coefficient (Wildman–Crippen LogP) is 2.74. The Labute approximate surface area is 154 Å². The molecule has 1 fully saturated rings. The first-order valence-corrected chi connectivity index (χ1v) is 9.23. The summed E-state index contributed by atoms with van der Waals surface area (Å²) in [5.74, 6) is 0.685. The van der Waals surface area contributed by atoms with Crippen LogP contribution in [0.4, 0.5) is 0 Å². The second-order valence-electron chi connectivity index (χ2n) is 7.78. The van der Waals surface area contributed by atoms with Gasteiger partial charge in [0.05, 0.1) is 24.0 Å². The van der Waals surface area contributed by atoms with Crippen molar-refractivity contribution in [1.82, 2.24) is 9.80 Å². The second kappa shape index (κ2) is 6.25. The van der Waals surface area contributed by atoms with Gasteiger partial charge in [0.1, 0.15) is 5.76 Å². The van der Waals surface area contributed by atoms with Crippen LogP contribution in [0.15, 0.2) is 41.0 Å². The quantitative estimate of drug-likeness (QED) is 0.901. The number of furan rings is 1. The minimum Gasteiger partial charge on any atom is -0.469 e. The van der Waals surface area contributed by atoms with Crippen LogP contribution in [0.1, 0.15) is 46.1 Å². The van der Waals surface area contributed by atoms with Gasteiger partial charge in [-0.25, -0.2) is 0 Å². The normalized spacial score (nSPS) is 24.3. The zero-order valence-electron chi connectivity index (χ0n) is 15.6. The Morgan fingerprint density at radius 2 is 1.92 bits per heavy atom. The number of benzene rings is 1. The molecule has 0 radical (unpaired) electrons. The van der Waals surface area contributed by atoms with Crippen molar-refractivity contribution in [1.29, 1.82) is 0 Å². The van der Waals surface area contributed by atoms with E-state index in [4.69, 9.17) is 4.42 Å². The number of likely N-dealkylation sites (tertiary alicyclic amines) is 1. The Hall–Kier alpha value is -2.11. The molecule has 1 aromatic heterocycles. The third-order valence-electron chi connectivity index (χ3n) is 6.27. The summed E-state index contributed by atoms with van der Waals surface area (Å²) in [6.07, 6.45) is 2.66. The van der Waals surface area contributed by atoms with E-state index in [1.165, 1.54) is 11.1 Å². The van der Waals surface area contributed by atoms with Crippen LogP contribution in [-0.4, -0.2) is 54.1 Å². The van der Waals surface area contributed by atoms with Crippen LogP contribution < -0.4 is 0 Å². The zero-order valence-corrected chi connectivity index (χ0v) is 15.6. The first kappa shape index (κ1) is 17.3. The van der Waals surface area contributed by atoms with Crippen LogP contribution >= 0.6 is 0 Å². The number of aliphatic hydroxyl groups excluding tert-OH is 1. The van der Waals surface area contributed by atoms with Gasteiger partial charge >= 0.3 is 0 Å². The molecule has 26 heavy (non-hydrogen) atoms. The summed E-state index contributed by atoms with van der Waals surface area (Å²) in [7, 11) is 4.04. The molecule has 1 N–H and O–H groups in total. The molecule has 5 heteroatoms. The van der Waals surface area contributed by atoms with Crippen molar-refractivity contribution in [3.8, 4) is 0 Å². The third-order valence-corrected chi connectivity index (χ3v) is 6.27. The highest BCUT2D eigenvalue weighted by Gasteiger charge is 2.53. The standard InChI is InChI=1S/C21H26N2O3/c1-14-15(8-13-26-14)20(25)23-11-9-21(10-12-23)17-7-5-4-6-16(17)18(19(21)24)22(2)3/h4-8,13,18-19,24H,9-12H2,1-3H3/t18-,19+/m1/s1. The third kappa shape index (κ3) is 2.42. The number of fused-ring (bicyclic) bond motifs is 2. The zero-order chi connectivity index (χ0) is 18.5. The lowest BCUT2D eigenvalue weighted by atomic mass is 9.72. The van der Waals surface area contributed by atoms with E-state index in [2.05, 4.69) is 23.1 Å². The van der Waals surface area contributed by atoms with Crippen molar-refractivity contribution < 1.29 is 14.3 Å². The van der Waals surface area contributed by atoms with Gasteiger partial charge in [0, 0.05) is 18.5 Å². The molecule has 138 valence electrons. The molecule has 2 aromatic rings. The summed E-state index contributed by atoms with van der Waals surface area (Å²) in [5.41, 5.74) is 2.83. The highest BCUT2D eigenvalue weighted by atomic mass is 16.3. The number of rotatable bonds is 2. The fraction of sp³-hybridized carbons (Fsp3) is 0.476. The molecule has 0 bridgehead atoms. The molecule has 1 amide bonds. The number of hydrogen-bond acceptors (Lipinski definition) is 4. The molecule has 1 spiro atoms. The SMILES string of the molecule is Cc1occc1C(=O)N1CCC2(CC1)c1ccccc1[C@@H](N(C)C)[C@@H]2O. The summed E-state index contributed by atoms with van der Waals surface area (Å²) in [5, 5.41) is 11.2. The minimum atomic E-state index is -0.456. The Balaban J connectivity index is 1.60. The molecule has 1 saturated heterocycles.